The van der Waals surface area contributed by atoms with Crippen LogP contribution < -0.4 is 14.9 Å². The first-order valence-electron chi connectivity index (χ1n) is 7.89. The Labute approximate surface area is 159 Å². The molecule has 1 N–H and O–H groups in total. The Bertz CT molecular complexity index is 930. The highest BCUT2D eigenvalue weighted by atomic mass is 32.1. The van der Waals surface area contributed by atoms with Crippen LogP contribution in [0.15, 0.2) is 59.1 Å². The summed E-state index contributed by atoms with van der Waals surface area (Å²) in [6.45, 7) is 0.192. The summed E-state index contributed by atoms with van der Waals surface area (Å²) in [5.41, 5.74) is 3.95. The fraction of sp³-hybridized carbons (Fsp3) is 0.111. The number of nitrogens with one attached hydrogen (secondary N) is 1. The number of rotatable bonds is 8. The van der Waals surface area contributed by atoms with E-state index in [1.54, 1.807) is 12.3 Å². The van der Waals surface area contributed by atoms with Gasteiger partial charge in [0.25, 0.3) is 0 Å². The third kappa shape index (κ3) is 4.79. The van der Waals surface area contributed by atoms with Gasteiger partial charge in [0, 0.05) is 23.2 Å². The number of ether oxygens (including phenoxy) is 2. The minimum absolute atomic E-state index is 0.0800. The predicted molar refractivity (Wildman–Crippen MR) is 104 cm³/mol. The third-order valence-corrected chi connectivity index (χ3v) is 4.18. The second-order valence-corrected chi connectivity index (χ2v) is 6.20. The molecule has 8 nitrogen and oxygen atoms in total. The van der Waals surface area contributed by atoms with Crippen LogP contribution in [0.25, 0.3) is 0 Å². The highest BCUT2D eigenvalue weighted by molar-refractivity contribution is 7.13. The first kappa shape index (κ1) is 18.3. The average Bonchev–Trinajstić information content (AvgIpc) is 3.20. The molecule has 0 spiro atoms. The molecular formula is C18H16N4O4S. The lowest BCUT2D eigenvalue weighted by Crippen LogP contribution is -2.03. The fourth-order valence-corrected chi connectivity index (χ4v) is 2.76. The molecule has 0 bridgehead atoms. The number of thiazole rings is 1. The topological polar surface area (TPSA) is 98.9 Å². The van der Waals surface area contributed by atoms with Crippen LogP contribution in [0.4, 0.5) is 10.8 Å². The van der Waals surface area contributed by atoms with Crippen LogP contribution in [0, 0.1) is 10.1 Å². The maximum atomic E-state index is 11.5. The van der Waals surface area contributed by atoms with E-state index in [2.05, 4.69) is 15.5 Å². The van der Waals surface area contributed by atoms with Crippen molar-refractivity contribution in [3.8, 4) is 11.5 Å². The number of methoxy groups -OCH3 is 1. The molecule has 2 aromatic carbocycles. The summed E-state index contributed by atoms with van der Waals surface area (Å²) in [6, 6.07) is 12.4. The van der Waals surface area contributed by atoms with Gasteiger partial charge in [-0.15, -0.1) is 11.3 Å². The minimum Gasteiger partial charge on any atom is -0.493 e. The Morgan fingerprint density at radius 2 is 2.15 bits per heavy atom. The van der Waals surface area contributed by atoms with Gasteiger partial charge in [0.2, 0.25) is 10.9 Å². The number of nitrogens with zero attached hydrogens (tertiary/aromatic N) is 3. The fourth-order valence-electron chi connectivity index (χ4n) is 2.29. The summed E-state index contributed by atoms with van der Waals surface area (Å²) in [5.74, 6) is 0.340. The van der Waals surface area contributed by atoms with Crippen molar-refractivity contribution >= 4 is 28.4 Å². The normalized spacial score (nSPS) is 10.7. The number of benzene rings is 2. The molecule has 0 aliphatic rings. The number of aromatic nitrogens is 1. The van der Waals surface area contributed by atoms with Gasteiger partial charge in [0.1, 0.15) is 6.61 Å². The van der Waals surface area contributed by atoms with E-state index in [1.165, 1.54) is 30.7 Å². The maximum absolute atomic E-state index is 11.5. The van der Waals surface area contributed by atoms with E-state index in [4.69, 9.17) is 9.47 Å². The molecule has 0 unspecified atom stereocenters. The number of anilines is 1. The van der Waals surface area contributed by atoms with Gasteiger partial charge in [-0.25, -0.2) is 4.98 Å². The summed E-state index contributed by atoms with van der Waals surface area (Å²) < 4.78 is 11.0. The standard InChI is InChI=1S/C18H16N4O4S/c1-25-16-10-14(11-20-21-18-19-7-8-27-18)9-15(22(23)24)17(16)26-12-13-5-3-2-4-6-13/h2-11H,12H2,1H3,(H,19,21)/b20-11-. The molecule has 0 fully saturated rings. The largest absolute Gasteiger partial charge is 0.493 e. The van der Waals surface area contributed by atoms with Crippen molar-refractivity contribution in [2.45, 2.75) is 6.61 Å². The predicted octanol–water partition coefficient (Wildman–Crippen LogP) is 4.08. The van der Waals surface area contributed by atoms with Gasteiger partial charge in [-0.2, -0.15) is 5.10 Å². The van der Waals surface area contributed by atoms with Gasteiger partial charge in [-0.1, -0.05) is 30.3 Å². The summed E-state index contributed by atoms with van der Waals surface area (Å²) in [7, 11) is 1.43. The van der Waals surface area contributed by atoms with Gasteiger partial charge in [0.15, 0.2) is 5.75 Å². The zero-order valence-corrected chi connectivity index (χ0v) is 15.2. The summed E-state index contributed by atoms with van der Waals surface area (Å²) in [4.78, 5) is 15.0. The molecular weight excluding hydrogens is 368 g/mol. The number of hydrogen-bond acceptors (Lipinski definition) is 8. The van der Waals surface area contributed by atoms with Crippen molar-refractivity contribution in [3.05, 3.63) is 75.3 Å². The molecule has 0 saturated heterocycles. The Hall–Kier alpha value is -3.46. The minimum atomic E-state index is -0.506. The van der Waals surface area contributed by atoms with Crippen LogP contribution in [0.2, 0.25) is 0 Å². The molecule has 0 atom stereocenters. The van der Waals surface area contributed by atoms with Crippen LogP contribution in [0.1, 0.15) is 11.1 Å². The molecule has 138 valence electrons. The van der Waals surface area contributed by atoms with Crippen molar-refractivity contribution in [1.82, 2.24) is 4.98 Å². The zero-order valence-electron chi connectivity index (χ0n) is 14.4. The van der Waals surface area contributed by atoms with Gasteiger partial charge >= 0.3 is 5.69 Å². The molecule has 0 aliphatic heterocycles. The van der Waals surface area contributed by atoms with Crippen LogP contribution in [0.5, 0.6) is 11.5 Å². The van der Waals surface area contributed by atoms with Crippen LogP contribution in [-0.2, 0) is 6.61 Å². The van der Waals surface area contributed by atoms with Crippen molar-refractivity contribution < 1.29 is 14.4 Å². The van der Waals surface area contributed by atoms with Crippen LogP contribution >= 0.6 is 11.3 Å². The molecule has 0 amide bonds. The first-order valence-corrected chi connectivity index (χ1v) is 8.77. The van der Waals surface area contributed by atoms with Crippen molar-refractivity contribution in [3.63, 3.8) is 0 Å². The maximum Gasteiger partial charge on any atom is 0.315 e. The number of hydrogen-bond donors (Lipinski definition) is 1. The van der Waals surface area contributed by atoms with E-state index in [0.29, 0.717) is 10.7 Å². The zero-order chi connectivity index (χ0) is 19.1. The van der Waals surface area contributed by atoms with Gasteiger partial charge < -0.3 is 9.47 Å². The van der Waals surface area contributed by atoms with Crippen LogP contribution in [-0.4, -0.2) is 23.2 Å². The molecule has 0 aliphatic carbocycles. The van der Waals surface area contributed by atoms with E-state index in [-0.39, 0.29) is 23.8 Å². The Balaban J connectivity index is 1.84. The summed E-state index contributed by atoms with van der Waals surface area (Å²) in [5, 5.41) is 18.0. The first-order chi connectivity index (χ1) is 13.2. The lowest BCUT2D eigenvalue weighted by molar-refractivity contribution is -0.386. The molecule has 3 aromatic rings. The molecule has 1 aromatic heterocycles. The van der Waals surface area contributed by atoms with E-state index in [9.17, 15) is 10.1 Å². The average molecular weight is 384 g/mol. The molecule has 27 heavy (non-hydrogen) atoms. The van der Waals surface area contributed by atoms with Crippen LogP contribution in [0.3, 0.4) is 0 Å². The summed E-state index contributed by atoms with van der Waals surface area (Å²) in [6.07, 6.45) is 3.10. The van der Waals surface area contributed by atoms with E-state index in [0.717, 1.165) is 5.56 Å². The number of hydrazone groups is 1. The molecule has 9 heteroatoms. The third-order valence-electron chi connectivity index (χ3n) is 3.51. The summed E-state index contributed by atoms with van der Waals surface area (Å²) >= 11 is 1.39. The number of nitro groups is 1. The second-order valence-electron chi connectivity index (χ2n) is 5.31. The highest BCUT2D eigenvalue weighted by Crippen LogP contribution is 2.38. The second kappa shape index (κ2) is 8.77. The molecule has 3 rings (SSSR count). The van der Waals surface area contributed by atoms with Gasteiger partial charge in [0.05, 0.1) is 18.2 Å². The Morgan fingerprint density at radius 3 is 2.81 bits per heavy atom. The molecule has 0 saturated carbocycles. The van der Waals surface area contributed by atoms with E-state index < -0.39 is 4.92 Å². The van der Waals surface area contributed by atoms with Crippen molar-refractivity contribution in [2.24, 2.45) is 5.10 Å². The number of nitro benzene ring substituents is 1. The van der Waals surface area contributed by atoms with Crippen molar-refractivity contribution in [1.29, 1.82) is 0 Å². The van der Waals surface area contributed by atoms with Gasteiger partial charge in [-0.3, -0.25) is 15.5 Å². The van der Waals surface area contributed by atoms with E-state index >= 15 is 0 Å². The van der Waals surface area contributed by atoms with Gasteiger partial charge in [-0.05, 0) is 11.6 Å². The Kier molecular flexibility index (Phi) is 5.95. The Morgan fingerprint density at radius 1 is 1.33 bits per heavy atom. The van der Waals surface area contributed by atoms with E-state index in [1.807, 2.05) is 35.7 Å². The SMILES string of the molecule is COc1cc(/C=N\Nc2nccs2)cc([N+](=O)[O-])c1OCc1ccccc1. The monoisotopic (exact) mass is 384 g/mol. The smallest absolute Gasteiger partial charge is 0.315 e. The van der Waals surface area contributed by atoms with Crippen molar-refractivity contribution in [2.75, 3.05) is 12.5 Å². The highest BCUT2D eigenvalue weighted by Gasteiger charge is 2.22. The molecule has 1 heterocycles. The quantitative estimate of drug-likeness (QED) is 0.357. The lowest BCUT2D eigenvalue weighted by atomic mass is 10.1. The molecule has 0 radical (unpaired) electrons. The lowest BCUT2D eigenvalue weighted by Gasteiger charge is -2.12.